The van der Waals surface area contributed by atoms with E-state index in [4.69, 9.17) is 4.74 Å². The van der Waals surface area contributed by atoms with Gasteiger partial charge in [-0.3, -0.25) is 0 Å². The number of nitrogens with one attached hydrogen (secondary N) is 2. The van der Waals surface area contributed by atoms with Gasteiger partial charge in [-0.05, 0) is 6.92 Å². The Balaban J connectivity index is 1.89. The zero-order chi connectivity index (χ0) is 13.0. The van der Waals surface area contributed by atoms with E-state index in [-0.39, 0.29) is 6.61 Å². The predicted octanol–water partition coefficient (Wildman–Crippen LogP) is 0.884. The minimum Gasteiger partial charge on any atom is -0.460 e. The Labute approximate surface area is 103 Å². The van der Waals surface area contributed by atoms with Crippen molar-refractivity contribution in [2.45, 2.75) is 6.92 Å². The summed E-state index contributed by atoms with van der Waals surface area (Å²) in [5, 5.41) is 3.04. The van der Waals surface area contributed by atoms with Gasteiger partial charge in [-0.2, -0.15) is 0 Å². The molecule has 2 rings (SSSR count). The third kappa shape index (κ3) is 2.62. The molecular formula is C11H13N5O2. The monoisotopic (exact) mass is 247 g/mol. The number of nitrogens with zero attached hydrogens (tertiary/aromatic N) is 3. The molecule has 0 atom stereocenters. The van der Waals surface area contributed by atoms with E-state index in [0.29, 0.717) is 23.6 Å². The fraction of sp³-hybridized carbons (Fsp3) is 0.273. The number of esters is 1. The van der Waals surface area contributed by atoms with Crippen molar-refractivity contribution in [1.82, 2.24) is 19.9 Å². The smallest absolute Gasteiger partial charge is 0.333 e. The summed E-state index contributed by atoms with van der Waals surface area (Å²) in [5.74, 6) is 0.232. The lowest BCUT2D eigenvalue weighted by Crippen LogP contribution is -2.14. The largest absolute Gasteiger partial charge is 0.460 e. The van der Waals surface area contributed by atoms with Crippen LogP contribution in [0.25, 0.3) is 11.2 Å². The quantitative estimate of drug-likeness (QED) is 0.463. The molecule has 0 unspecified atom stereocenters. The van der Waals surface area contributed by atoms with Gasteiger partial charge in [-0.25, -0.2) is 19.7 Å². The topological polar surface area (TPSA) is 92.8 Å². The Morgan fingerprint density at radius 2 is 2.33 bits per heavy atom. The molecule has 0 aliphatic carbocycles. The molecule has 2 N–H and O–H groups in total. The lowest BCUT2D eigenvalue weighted by atomic mass is 10.4. The number of imidazole rings is 1. The highest BCUT2D eigenvalue weighted by Crippen LogP contribution is 2.13. The number of ether oxygens (including phenoxy) is 1. The molecule has 0 saturated carbocycles. The molecule has 2 aromatic heterocycles. The molecule has 0 saturated heterocycles. The first-order valence-electron chi connectivity index (χ1n) is 5.39. The molecule has 18 heavy (non-hydrogen) atoms. The zero-order valence-corrected chi connectivity index (χ0v) is 9.93. The predicted molar refractivity (Wildman–Crippen MR) is 65.9 cm³/mol. The summed E-state index contributed by atoms with van der Waals surface area (Å²) in [6.07, 6.45) is 2.97. The number of fused-ring (bicyclic) bond motifs is 1. The van der Waals surface area contributed by atoms with E-state index in [0.717, 1.165) is 5.52 Å². The van der Waals surface area contributed by atoms with E-state index in [1.165, 1.54) is 6.33 Å². The van der Waals surface area contributed by atoms with Crippen LogP contribution in [0.15, 0.2) is 24.8 Å². The number of aromatic nitrogens is 4. The normalized spacial score (nSPS) is 10.3. The standard InChI is InChI=1S/C11H13N5O2/c1-7(2)11(17)18-4-3-12-9-8-10(14-5-13-8)16-6-15-9/h5-6H,1,3-4H2,2H3,(H2,12,13,14,15,16). The maximum Gasteiger partial charge on any atom is 0.333 e. The van der Waals surface area contributed by atoms with Crippen LogP contribution < -0.4 is 5.32 Å². The van der Waals surface area contributed by atoms with E-state index in [1.54, 1.807) is 13.3 Å². The SMILES string of the molecule is C=C(C)C(=O)OCCNc1ncnc2nc[nH]c12. The van der Waals surface area contributed by atoms with Gasteiger partial charge in [-0.1, -0.05) is 6.58 Å². The summed E-state index contributed by atoms with van der Waals surface area (Å²) in [6.45, 7) is 5.79. The van der Waals surface area contributed by atoms with Gasteiger partial charge in [-0.15, -0.1) is 0 Å². The molecule has 0 radical (unpaired) electrons. The molecule has 7 heteroatoms. The first kappa shape index (κ1) is 12.0. The number of rotatable bonds is 5. The van der Waals surface area contributed by atoms with Crippen LogP contribution in [-0.2, 0) is 9.53 Å². The van der Waals surface area contributed by atoms with Crippen molar-refractivity contribution in [3.63, 3.8) is 0 Å². The van der Waals surface area contributed by atoms with Gasteiger partial charge in [0.05, 0.1) is 12.9 Å². The molecule has 94 valence electrons. The molecule has 0 amide bonds. The molecule has 0 aliphatic heterocycles. The Morgan fingerprint density at radius 3 is 3.11 bits per heavy atom. The van der Waals surface area contributed by atoms with Crippen LogP contribution in [0.1, 0.15) is 6.92 Å². The molecule has 0 fully saturated rings. The molecular weight excluding hydrogens is 234 g/mol. The number of carbonyl (C=O) groups is 1. The number of hydrogen-bond acceptors (Lipinski definition) is 6. The molecule has 0 spiro atoms. The summed E-state index contributed by atoms with van der Waals surface area (Å²) in [5.41, 5.74) is 1.70. The first-order valence-corrected chi connectivity index (χ1v) is 5.39. The van der Waals surface area contributed by atoms with Crippen molar-refractivity contribution in [1.29, 1.82) is 0 Å². The number of anilines is 1. The average molecular weight is 247 g/mol. The van der Waals surface area contributed by atoms with Gasteiger partial charge in [0.15, 0.2) is 11.5 Å². The summed E-state index contributed by atoms with van der Waals surface area (Å²) < 4.78 is 4.95. The molecule has 2 aromatic rings. The number of aromatic amines is 1. The number of H-pyrrole nitrogens is 1. The maximum absolute atomic E-state index is 11.1. The first-order chi connectivity index (χ1) is 8.68. The second-order valence-electron chi connectivity index (χ2n) is 3.67. The van der Waals surface area contributed by atoms with E-state index < -0.39 is 5.97 Å². The minimum absolute atomic E-state index is 0.241. The third-order valence-corrected chi connectivity index (χ3v) is 2.20. The summed E-state index contributed by atoms with van der Waals surface area (Å²) in [7, 11) is 0. The van der Waals surface area contributed by atoms with Crippen LogP contribution in [0.5, 0.6) is 0 Å². The Kier molecular flexibility index (Phi) is 3.52. The minimum atomic E-state index is -0.397. The lowest BCUT2D eigenvalue weighted by molar-refractivity contribution is -0.138. The van der Waals surface area contributed by atoms with Crippen LogP contribution in [-0.4, -0.2) is 39.1 Å². The molecule has 0 aromatic carbocycles. The van der Waals surface area contributed by atoms with Crippen molar-refractivity contribution in [3.8, 4) is 0 Å². The Hall–Kier alpha value is -2.44. The second-order valence-corrected chi connectivity index (χ2v) is 3.67. The highest BCUT2D eigenvalue weighted by Gasteiger charge is 2.06. The fourth-order valence-corrected chi connectivity index (χ4v) is 1.34. The van der Waals surface area contributed by atoms with Gasteiger partial charge in [0.1, 0.15) is 18.5 Å². The summed E-state index contributed by atoms with van der Waals surface area (Å²) >= 11 is 0. The van der Waals surface area contributed by atoms with Gasteiger partial charge >= 0.3 is 5.97 Å². The maximum atomic E-state index is 11.1. The van der Waals surface area contributed by atoms with Crippen LogP contribution in [0.4, 0.5) is 5.82 Å². The fourth-order valence-electron chi connectivity index (χ4n) is 1.34. The highest BCUT2D eigenvalue weighted by atomic mass is 16.5. The zero-order valence-electron chi connectivity index (χ0n) is 9.93. The van der Waals surface area contributed by atoms with Crippen molar-refractivity contribution in [2.24, 2.45) is 0 Å². The van der Waals surface area contributed by atoms with Crippen molar-refractivity contribution >= 4 is 23.0 Å². The molecule has 2 heterocycles. The van der Waals surface area contributed by atoms with Crippen LogP contribution in [0.3, 0.4) is 0 Å². The Morgan fingerprint density at radius 1 is 1.50 bits per heavy atom. The summed E-state index contributed by atoms with van der Waals surface area (Å²) in [6, 6.07) is 0. The number of hydrogen-bond donors (Lipinski definition) is 2. The summed E-state index contributed by atoms with van der Waals surface area (Å²) in [4.78, 5) is 26.2. The van der Waals surface area contributed by atoms with Crippen LogP contribution >= 0.6 is 0 Å². The van der Waals surface area contributed by atoms with Crippen molar-refractivity contribution < 1.29 is 9.53 Å². The van der Waals surface area contributed by atoms with E-state index in [2.05, 4.69) is 31.8 Å². The van der Waals surface area contributed by atoms with Gasteiger partial charge in [0.25, 0.3) is 0 Å². The third-order valence-electron chi connectivity index (χ3n) is 2.20. The van der Waals surface area contributed by atoms with E-state index in [1.807, 2.05) is 0 Å². The second kappa shape index (κ2) is 5.26. The van der Waals surface area contributed by atoms with Crippen LogP contribution in [0, 0.1) is 0 Å². The van der Waals surface area contributed by atoms with Gasteiger partial charge in [0, 0.05) is 5.57 Å². The average Bonchev–Trinajstić information content (AvgIpc) is 2.83. The van der Waals surface area contributed by atoms with Crippen molar-refractivity contribution in [3.05, 3.63) is 24.8 Å². The highest BCUT2D eigenvalue weighted by molar-refractivity contribution is 5.87. The van der Waals surface area contributed by atoms with Crippen molar-refractivity contribution in [2.75, 3.05) is 18.5 Å². The van der Waals surface area contributed by atoms with E-state index in [9.17, 15) is 4.79 Å². The lowest BCUT2D eigenvalue weighted by Gasteiger charge is -2.06. The molecule has 7 nitrogen and oxygen atoms in total. The molecule has 0 aliphatic rings. The molecule has 0 bridgehead atoms. The Bertz CT molecular complexity index is 578. The van der Waals surface area contributed by atoms with E-state index >= 15 is 0 Å². The number of carbonyl (C=O) groups excluding carboxylic acids is 1. The van der Waals surface area contributed by atoms with Gasteiger partial charge in [0.2, 0.25) is 0 Å². The van der Waals surface area contributed by atoms with Gasteiger partial charge < -0.3 is 15.0 Å². The van der Waals surface area contributed by atoms with Crippen LogP contribution in [0.2, 0.25) is 0 Å².